The number of nitrogens with zero attached hydrogens (tertiary/aromatic N) is 4. The van der Waals surface area contributed by atoms with Crippen LogP contribution in [0.15, 0.2) is 47.0 Å². The summed E-state index contributed by atoms with van der Waals surface area (Å²) >= 11 is 6.09. The molecule has 1 saturated heterocycles. The second kappa shape index (κ2) is 10.1. The van der Waals surface area contributed by atoms with Crippen molar-refractivity contribution in [2.75, 3.05) is 26.2 Å². The minimum absolute atomic E-state index is 0.0428. The molecular formula is C22H26ClN5O3. The second-order valence-electron chi connectivity index (χ2n) is 7.72. The SMILES string of the molecule is O=C(NCCCO)c1cn([C@H]2CCCN(Cc3ccc(-c4cccc(Cl)c4)o3)C2)nn1. The number of hydrogen-bond acceptors (Lipinski definition) is 6. The molecule has 0 spiro atoms. The number of hydrogen-bond donors (Lipinski definition) is 2. The van der Waals surface area contributed by atoms with E-state index < -0.39 is 0 Å². The lowest BCUT2D eigenvalue weighted by Crippen LogP contribution is -2.36. The largest absolute Gasteiger partial charge is 0.460 e. The molecule has 1 amide bonds. The van der Waals surface area contributed by atoms with Gasteiger partial charge in [0.2, 0.25) is 0 Å². The van der Waals surface area contributed by atoms with Crippen molar-refractivity contribution < 1.29 is 14.3 Å². The first kappa shape index (κ1) is 21.5. The molecule has 1 aliphatic rings. The lowest BCUT2D eigenvalue weighted by Gasteiger charge is -2.31. The van der Waals surface area contributed by atoms with Crippen LogP contribution < -0.4 is 5.32 Å². The maximum absolute atomic E-state index is 12.1. The molecule has 31 heavy (non-hydrogen) atoms. The number of carbonyl (C=O) groups excluding carboxylic acids is 1. The summed E-state index contributed by atoms with van der Waals surface area (Å²) in [6, 6.07) is 11.8. The van der Waals surface area contributed by atoms with E-state index in [1.54, 1.807) is 10.9 Å². The number of rotatable bonds is 8. The topological polar surface area (TPSA) is 96.4 Å². The molecule has 8 nitrogen and oxygen atoms in total. The molecule has 3 heterocycles. The van der Waals surface area contributed by atoms with Gasteiger partial charge < -0.3 is 14.8 Å². The molecule has 0 saturated carbocycles. The highest BCUT2D eigenvalue weighted by Gasteiger charge is 2.24. The third kappa shape index (κ3) is 5.52. The molecule has 2 aromatic heterocycles. The summed E-state index contributed by atoms with van der Waals surface area (Å²) in [7, 11) is 0. The molecule has 1 fully saturated rings. The van der Waals surface area contributed by atoms with Crippen LogP contribution in [0.25, 0.3) is 11.3 Å². The van der Waals surface area contributed by atoms with Gasteiger partial charge in [-0.2, -0.15) is 0 Å². The molecule has 0 aliphatic carbocycles. The summed E-state index contributed by atoms with van der Waals surface area (Å²) in [5.41, 5.74) is 1.26. The van der Waals surface area contributed by atoms with Crippen LogP contribution in [0.2, 0.25) is 5.02 Å². The van der Waals surface area contributed by atoms with Crippen molar-refractivity contribution >= 4 is 17.5 Å². The van der Waals surface area contributed by atoms with Gasteiger partial charge in [0.25, 0.3) is 5.91 Å². The Bertz CT molecular complexity index is 1020. The van der Waals surface area contributed by atoms with Gasteiger partial charge in [0.1, 0.15) is 11.5 Å². The van der Waals surface area contributed by atoms with E-state index in [4.69, 9.17) is 21.1 Å². The van der Waals surface area contributed by atoms with E-state index in [9.17, 15) is 4.79 Å². The number of furan rings is 1. The summed E-state index contributed by atoms with van der Waals surface area (Å²) in [6.45, 7) is 2.95. The maximum atomic E-state index is 12.1. The van der Waals surface area contributed by atoms with Crippen LogP contribution in [-0.2, 0) is 6.54 Å². The Morgan fingerprint density at radius 3 is 3.06 bits per heavy atom. The zero-order chi connectivity index (χ0) is 21.6. The fourth-order valence-electron chi connectivity index (χ4n) is 3.80. The van der Waals surface area contributed by atoms with E-state index in [0.717, 1.165) is 43.0 Å². The Morgan fingerprint density at radius 2 is 2.23 bits per heavy atom. The number of benzene rings is 1. The van der Waals surface area contributed by atoms with Crippen molar-refractivity contribution in [1.82, 2.24) is 25.2 Å². The van der Waals surface area contributed by atoms with Gasteiger partial charge in [0, 0.05) is 30.3 Å². The number of halogens is 1. The van der Waals surface area contributed by atoms with Gasteiger partial charge in [-0.05, 0) is 50.1 Å². The molecule has 0 unspecified atom stereocenters. The number of aliphatic hydroxyl groups is 1. The van der Waals surface area contributed by atoms with Crippen molar-refractivity contribution in [3.8, 4) is 11.3 Å². The normalized spacial score (nSPS) is 17.0. The molecule has 4 rings (SSSR count). The lowest BCUT2D eigenvalue weighted by atomic mass is 10.1. The highest BCUT2D eigenvalue weighted by molar-refractivity contribution is 6.30. The Hall–Kier alpha value is -2.68. The summed E-state index contributed by atoms with van der Waals surface area (Å²) in [5.74, 6) is 1.44. The summed E-state index contributed by atoms with van der Waals surface area (Å²) in [5, 5.41) is 20.4. The molecule has 9 heteroatoms. The van der Waals surface area contributed by atoms with E-state index in [-0.39, 0.29) is 18.6 Å². The highest BCUT2D eigenvalue weighted by atomic mass is 35.5. The monoisotopic (exact) mass is 443 g/mol. The molecular weight excluding hydrogens is 418 g/mol. The molecule has 1 aromatic carbocycles. The molecule has 1 aliphatic heterocycles. The van der Waals surface area contributed by atoms with Crippen molar-refractivity contribution in [2.24, 2.45) is 0 Å². The zero-order valence-electron chi connectivity index (χ0n) is 17.2. The van der Waals surface area contributed by atoms with Crippen LogP contribution in [0.5, 0.6) is 0 Å². The predicted molar refractivity (Wildman–Crippen MR) is 117 cm³/mol. The quantitative estimate of drug-likeness (QED) is 0.519. The first-order valence-corrected chi connectivity index (χ1v) is 10.9. The molecule has 0 bridgehead atoms. The van der Waals surface area contributed by atoms with Gasteiger partial charge in [0.05, 0.1) is 18.8 Å². The van der Waals surface area contributed by atoms with Crippen LogP contribution >= 0.6 is 11.6 Å². The zero-order valence-corrected chi connectivity index (χ0v) is 18.0. The van der Waals surface area contributed by atoms with Gasteiger partial charge >= 0.3 is 0 Å². The predicted octanol–water partition coefficient (Wildman–Crippen LogP) is 3.14. The summed E-state index contributed by atoms with van der Waals surface area (Å²) in [6.07, 6.45) is 4.23. The summed E-state index contributed by atoms with van der Waals surface area (Å²) in [4.78, 5) is 14.5. The Morgan fingerprint density at radius 1 is 1.32 bits per heavy atom. The van der Waals surface area contributed by atoms with Crippen molar-refractivity contribution in [3.05, 3.63) is 59.1 Å². The number of nitrogens with one attached hydrogen (secondary N) is 1. The van der Waals surface area contributed by atoms with Crippen molar-refractivity contribution in [3.63, 3.8) is 0 Å². The Labute approximate surface area is 185 Å². The van der Waals surface area contributed by atoms with Gasteiger partial charge in [-0.15, -0.1) is 5.10 Å². The maximum Gasteiger partial charge on any atom is 0.273 e. The smallest absolute Gasteiger partial charge is 0.273 e. The summed E-state index contributed by atoms with van der Waals surface area (Å²) < 4.78 is 7.83. The molecule has 0 radical (unpaired) electrons. The minimum Gasteiger partial charge on any atom is -0.460 e. The number of aromatic nitrogens is 3. The van der Waals surface area contributed by atoms with E-state index in [0.29, 0.717) is 30.2 Å². The first-order chi connectivity index (χ1) is 15.1. The number of aliphatic hydroxyl groups excluding tert-OH is 1. The average Bonchev–Trinajstić information content (AvgIpc) is 3.44. The van der Waals surface area contributed by atoms with Gasteiger partial charge in [-0.25, -0.2) is 4.68 Å². The molecule has 3 aromatic rings. The van der Waals surface area contributed by atoms with Gasteiger partial charge in [-0.1, -0.05) is 28.9 Å². The van der Waals surface area contributed by atoms with Crippen molar-refractivity contribution in [2.45, 2.75) is 31.8 Å². The number of amides is 1. The van der Waals surface area contributed by atoms with Crippen LogP contribution in [0.1, 0.15) is 41.6 Å². The van der Waals surface area contributed by atoms with E-state index in [1.807, 2.05) is 36.4 Å². The van der Waals surface area contributed by atoms with Crippen LogP contribution in [0, 0.1) is 0 Å². The molecule has 164 valence electrons. The van der Waals surface area contributed by atoms with E-state index >= 15 is 0 Å². The fourth-order valence-corrected chi connectivity index (χ4v) is 3.99. The Kier molecular flexibility index (Phi) is 7.01. The first-order valence-electron chi connectivity index (χ1n) is 10.5. The number of carbonyl (C=O) groups is 1. The standard InChI is InChI=1S/C22H26ClN5O3/c23-17-5-1-4-16(12-17)21-8-7-19(31-21)14-27-10-2-6-18(13-27)28-15-20(25-26-28)22(30)24-9-3-11-29/h1,4-5,7-8,12,15,18,29H,2-3,6,9-11,13-14H2,(H,24,30)/t18-/m0/s1. The molecule has 1 atom stereocenters. The third-order valence-corrected chi connectivity index (χ3v) is 5.60. The van der Waals surface area contributed by atoms with Gasteiger partial charge in [0.15, 0.2) is 5.69 Å². The van der Waals surface area contributed by atoms with Crippen LogP contribution in [0.4, 0.5) is 0 Å². The lowest BCUT2D eigenvalue weighted by molar-refractivity contribution is 0.0946. The number of likely N-dealkylation sites (tertiary alicyclic amines) is 1. The van der Waals surface area contributed by atoms with Gasteiger partial charge in [-0.3, -0.25) is 9.69 Å². The highest BCUT2D eigenvalue weighted by Crippen LogP contribution is 2.27. The third-order valence-electron chi connectivity index (χ3n) is 5.37. The molecule has 2 N–H and O–H groups in total. The van der Waals surface area contributed by atoms with Crippen LogP contribution in [-0.4, -0.2) is 57.1 Å². The van der Waals surface area contributed by atoms with E-state index in [2.05, 4.69) is 20.5 Å². The van der Waals surface area contributed by atoms with Crippen molar-refractivity contribution in [1.29, 1.82) is 0 Å². The van der Waals surface area contributed by atoms with E-state index in [1.165, 1.54) is 0 Å². The van der Waals surface area contributed by atoms with Crippen LogP contribution in [0.3, 0.4) is 0 Å². The Balaban J connectivity index is 1.36. The fraction of sp³-hybridized carbons (Fsp3) is 0.409. The number of piperidine rings is 1. The minimum atomic E-state index is -0.267. The second-order valence-corrected chi connectivity index (χ2v) is 8.16. The average molecular weight is 444 g/mol.